The molecule has 16 heavy (non-hydrogen) atoms. The van der Waals surface area contributed by atoms with Gasteiger partial charge in [-0.2, -0.15) is 0 Å². The molecule has 88 valence electrons. The second-order valence-electron chi connectivity index (χ2n) is 3.59. The Morgan fingerprint density at radius 3 is 3.00 bits per heavy atom. The quantitative estimate of drug-likeness (QED) is 0.783. The second-order valence-corrected chi connectivity index (χ2v) is 3.59. The molecule has 5 nitrogen and oxygen atoms in total. The van der Waals surface area contributed by atoms with E-state index in [9.17, 15) is 0 Å². The summed E-state index contributed by atoms with van der Waals surface area (Å²) < 4.78 is 15.8. The second kappa shape index (κ2) is 4.69. The topological polar surface area (TPSA) is 73.9 Å². The molecule has 0 fully saturated rings. The molecule has 3 N–H and O–H groups in total. The van der Waals surface area contributed by atoms with Crippen molar-refractivity contribution in [3.8, 4) is 11.5 Å². The van der Waals surface area contributed by atoms with Gasteiger partial charge in [-0.25, -0.2) is 0 Å². The number of methoxy groups -OCH3 is 1. The Balaban J connectivity index is 2.44. The molecule has 0 saturated heterocycles. The summed E-state index contributed by atoms with van der Waals surface area (Å²) in [6, 6.07) is 3.20. The van der Waals surface area contributed by atoms with Crippen molar-refractivity contribution in [2.24, 2.45) is 5.73 Å². The fourth-order valence-electron chi connectivity index (χ4n) is 1.78. The van der Waals surface area contributed by atoms with Crippen LogP contribution in [0.5, 0.6) is 11.5 Å². The van der Waals surface area contributed by atoms with E-state index in [1.54, 1.807) is 13.2 Å². The standard InChI is InChI=1S/C11H15NO4/c1-14-5-8-7(9(12)4-13)2-3-10-11(8)16-6-15-10/h2-3,9,13H,4-6,12H2,1H3. The summed E-state index contributed by atoms with van der Waals surface area (Å²) in [5.41, 5.74) is 7.49. The smallest absolute Gasteiger partial charge is 0.231 e. The van der Waals surface area contributed by atoms with E-state index in [0.717, 1.165) is 11.1 Å². The normalized spacial score (nSPS) is 15.2. The van der Waals surface area contributed by atoms with Gasteiger partial charge in [-0.05, 0) is 11.6 Å². The molecule has 2 rings (SSSR count). The monoisotopic (exact) mass is 225 g/mol. The number of ether oxygens (including phenoxy) is 3. The van der Waals surface area contributed by atoms with Crippen molar-refractivity contribution in [3.05, 3.63) is 23.3 Å². The SMILES string of the molecule is COCc1c(C(N)CO)ccc2c1OCO2. The summed E-state index contributed by atoms with van der Waals surface area (Å²) in [5, 5.41) is 9.09. The lowest BCUT2D eigenvalue weighted by molar-refractivity contribution is 0.162. The lowest BCUT2D eigenvalue weighted by Gasteiger charge is -2.15. The first-order chi connectivity index (χ1) is 7.77. The number of benzene rings is 1. The van der Waals surface area contributed by atoms with Crippen LogP contribution in [-0.2, 0) is 11.3 Å². The van der Waals surface area contributed by atoms with Gasteiger partial charge < -0.3 is 25.1 Å². The van der Waals surface area contributed by atoms with Gasteiger partial charge in [-0.3, -0.25) is 0 Å². The first kappa shape index (κ1) is 11.2. The van der Waals surface area contributed by atoms with Gasteiger partial charge in [0.15, 0.2) is 11.5 Å². The predicted molar refractivity (Wildman–Crippen MR) is 57.3 cm³/mol. The van der Waals surface area contributed by atoms with Crippen LogP contribution in [0.25, 0.3) is 0 Å². The van der Waals surface area contributed by atoms with E-state index < -0.39 is 6.04 Å². The third kappa shape index (κ3) is 1.84. The van der Waals surface area contributed by atoms with Crippen LogP contribution in [-0.4, -0.2) is 25.6 Å². The predicted octanol–water partition coefficient (Wildman–Crippen LogP) is 0.554. The zero-order chi connectivity index (χ0) is 11.5. The summed E-state index contributed by atoms with van der Waals surface area (Å²) in [6.45, 7) is 0.482. The van der Waals surface area contributed by atoms with Crippen molar-refractivity contribution in [2.45, 2.75) is 12.6 Å². The van der Waals surface area contributed by atoms with Crippen molar-refractivity contribution in [2.75, 3.05) is 20.5 Å². The number of hydrogen-bond acceptors (Lipinski definition) is 5. The van der Waals surface area contributed by atoms with E-state index in [0.29, 0.717) is 18.1 Å². The number of aliphatic hydroxyl groups is 1. The molecule has 1 unspecified atom stereocenters. The number of nitrogens with two attached hydrogens (primary N) is 1. The fourth-order valence-corrected chi connectivity index (χ4v) is 1.78. The lowest BCUT2D eigenvalue weighted by atomic mass is 10.0. The van der Waals surface area contributed by atoms with Gasteiger partial charge in [0.05, 0.1) is 19.3 Å². The maximum absolute atomic E-state index is 9.09. The summed E-state index contributed by atoms with van der Waals surface area (Å²) >= 11 is 0. The zero-order valence-electron chi connectivity index (χ0n) is 9.10. The minimum atomic E-state index is -0.431. The van der Waals surface area contributed by atoms with Gasteiger partial charge in [-0.1, -0.05) is 6.07 Å². The van der Waals surface area contributed by atoms with Crippen LogP contribution >= 0.6 is 0 Å². The highest BCUT2D eigenvalue weighted by atomic mass is 16.7. The zero-order valence-corrected chi connectivity index (χ0v) is 9.10. The summed E-state index contributed by atoms with van der Waals surface area (Å²) in [4.78, 5) is 0. The maximum Gasteiger partial charge on any atom is 0.231 e. The maximum atomic E-state index is 9.09. The molecule has 5 heteroatoms. The Kier molecular flexibility index (Phi) is 3.28. The van der Waals surface area contributed by atoms with Crippen LogP contribution < -0.4 is 15.2 Å². The molecule has 0 aliphatic carbocycles. The van der Waals surface area contributed by atoms with Crippen LogP contribution in [0.3, 0.4) is 0 Å². The van der Waals surface area contributed by atoms with Gasteiger partial charge in [0.1, 0.15) is 0 Å². The molecule has 1 aliphatic rings. The van der Waals surface area contributed by atoms with Crippen LogP contribution in [0.2, 0.25) is 0 Å². The Morgan fingerprint density at radius 2 is 2.31 bits per heavy atom. The molecule has 0 amide bonds. The Morgan fingerprint density at radius 1 is 1.50 bits per heavy atom. The first-order valence-electron chi connectivity index (χ1n) is 5.04. The number of hydrogen-bond donors (Lipinski definition) is 2. The van der Waals surface area contributed by atoms with Crippen molar-refractivity contribution < 1.29 is 19.3 Å². The molecule has 0 saturated carbocycles. The van der Waals surface area contributed by atoms with E-state index >= 15 is 0 Å². The third-order valence-electron chi connectivity index (χ3n) is 2.56. The molecule has 1 aliphatic heterocycles. The van der Waals surface area contributed by atoms with E-state index in [1.807, 2.05) is 6.07 Å². The number of rotatable bonds is 4. The van der Waals surface area contributed by atoms with Crippen LogP contribution in [0.4, 0.5) is 0 Å². The Labute approximate surface area is 93.7 Å². The molecule has 1 atom stereocenters. The van der Waals surface area contributed by atoms with Crippen LogP contribution in [0.15, 0.2) is 12.1 Å². The fraction of sp³-hybridized carbons (Fsp3) is 0.455. The van der Waals surface area contributed by atoms with Crippen LogP contribution in [0, 0.1) is 0 Å². The summed E-state index contributed by atoms with van der Waals surface area (Å²) in [7, 11) is 1.60. The molecule has 0 radical (unpaired) electrons. The van der Waals surface area contributed by atoms with Gasteiger partial charge in [0, 0.05) is 12.7 Å². The van der Waals surface area contributed by atoms with Crippen LogP contribution in [0.1, 0.15) is 17.2 Å². The van der Waals surface area contributed by atoms with Gasteiger partial charge >= 0.3 is 0 Å². The van der Waals surface area contributed by atoms with E-state index in [4.69, 9.17) is 25.1 Å². The highest BCUT2D eigenvalue weighted by Gasteiger charge is 2.22. The average Bonchev–Trinajstić information content (AvgIpc) is 2.77. The summed E-state index contributed by atoms with van der Waals surface area (Å²) in [6.07, 6.45) is 0. The molecule has 0 spiro atoms. The van der Waals surface area contributed by atoms with Gasteiger partial charge in [0.2, 0.25) is 6.79 Å². The highest BCUT2D eigenvalue weighted by molar-refractivity contribution is 5.52. The molecule has 0 bridgehead atoms. The van der Waals surface area contributed by atoms with Crippen molar-refractivity contribution in [3.63, 3.8) is 0 Å². The Hall–Kier alpha value is -1.30. The van der Waals surface area contributed by atoms with Crippen molar-refractivity contribution in [1.29, 1.82) is 0 Å². The molecular formula is C11H15NO4. The largest absolute Gasteiger partial charge is 0.454 e. The summed E-state index contributed by atoms with van der Waals surface area (Å²) in [5.74, 6) is 1.36. The van der Waals surface area contributed by atoms with E-state index in [1.165, 1.54) is 0 Å². The lowest BCUT2D eigenvalue weighted by Crippen LogP contribution is -2.17. The van der Waals surface area contributed by atoms with E-state index in [2.05, 4.69) is 0 Å². The third-order valence-corrected chi connectivity index (χ3v) is 2.56. The minimum Gasteiger partial charge on any atom is -0.454 e. The first-order valence-corrected chi connectivity index (χ1v) is 5.04. The van der Waals surface area contributed by atoms with Gasteiger partial charge in [-0.15, -0.1) is 0 Å². The Bertz CT molecular complexity index is 380. The number of aliphatic hydroxyl groups excluding tert-OH is 1. The average molecular weight is 225 g/mol. The molecule has 0 aromatic heterocycles. The van der Waals surface area contributed by atoms with Gasteiger partial charge in [0.25, 0.3) is 0 Å². The van der Waals surface area contributed by atoms with E-state index in [-0.39, 0.29) is 13.4 Å². The molecule has 1 aromatic carbocycles. The molecule has 1 heterocycles. The van der Waals surface area contributed by atoms with Crippen molar-refractivity contribution >= 4 is 0 Å². The van der Waals surface area contributed by atoms with Crippen molar-refractivity contribution in [1.82, 2.24) is 0 Å². The molecular weight excluding hydrogens is 210 g/mol. The number of fused-ring (bicyclic) bond motifs is 1. The highest BCUT2D eigenvalue weighted by Crippen LogP contribution is 2.39. The molecule has 1 aromatic rings. The minimum absolute atomic E-state index is 0.115.